The molecule has 0 bridgehead atoms. The lowest BCUT2D eigenvalue weighted by molar-refractivity contribution is 0.0953. The number of halogens is 1. The molecular weight excluding hydrogens is 298 g/mol. The molecule has 94 valence electrons. The van der Waals surface area contributed by atoms with Gasteiger partial charge in [0.2, 0.25) is 0 Å². The maximum absolute atomic E-state index is 11.8. The lowest BCUT2D eigenvalue weighted by atomic mass is 10.2. The van der Waals surface area contributed by atoms with E-state index in [9.17, 15) is 4.79 Å². The number of rotatable bonds is 4. The zero-order chi connectivity index (χ0) is 13.0. The predicted molar refractivity (Wildman–Crippen MR) is 69.0 cm³/mol. The molecule has 0 aliphatic rings. The lowest BCUT2D eigenvalue weighted by Gasteiger charge is -2.04. The van der Waals surface area contributed by atoms with Crippen LogP contribution in [0, 0.1) is 0 Å². The first-order chi connectivity index (χ1) is 8.66. The molecule has 1 amide bonds. The van der Waals surface area contributed by atoms with Gasteiger partial charge in [-0.1, -0.05) is 0 Å². The largest absolute Gasteiger partial charge is 0.352 e. The fourth-order valence-electron chi connectivity index (χ4n) is 1.46. The highest BCUT2D eigenvalue weighted by Gasteiger charge is 2.07. The number of aromatic nitrogens is 4. The number of carbonyl (C=O) groups excluding carboxylic acids is 1. The Labute approximate surface area is 113 Å². The minimum atomic E-state index is -0.147. The van der Waals surface area contributed by atoms with Crippen molar-refractivity contribution in [2.24, 2.45) is 7.05 Å². The maximum Gasteiger partial charge on any atom is 0.252 e. The second-order valence-electron chi connectivity index (χ2n) is 3.76. The number of hydrogen-bond acceptors (Lipinski definition) is 4. The Morgan fingerprint density at radius 1 is 1.50 bits per heavy atom. The number of hydrogen-bond donors (Lipinski definition) is 1. The van der Waals surface area contributed by atoms with Gasteiger partial charge in [0.25, 0.3) is 5.91 Å². The molecule has 2 heterocycles. The third-order valence-corrected chi connectivity index (χ3v) is 2.84. The van der Waals surface area contributed by atoms with Gasteiger partial charge in [0, 0.05) is 36.9 Å². The molecule has 0 fully saturated rings. The van der Waals surface area contributed by atoms with Crippen molar-refractivity contribution in [3.63, 3.8) is 0 Å². The standard InChI is InChI=1S/C11H12BrN5O/c1-17-7-15-16-10(17)2-3-14-11(18)8-4-9(12)6-13-5-8/h4-7H,2-3H2,1H3,(H,14,18). The first kappa shape index (κ1) is 12.7. The van der Waals surface area contributed by atoms with Gasteiger partial charge in [0.05, 0.1) is 5.56 Å². The molecule has 18 heavy (non-hydrogen) atoms. The van der Waals surface area contributed by atoms with Gasteiger partial charge in [-0.15, -0.1) is 10.2 Å². The monoisotopic (exact) mass is 309 g/mol. The molecular formula is C11H12BrN5O. The van der Waals surface area contributed by atoms with Gasteiger partial charge in [-0.3, -0.25) is 9.78 Å². The van der Waals surface area contributed by atoms with Crippen molar-refractivity contribution in [1.82, 2.24) is 25.1 Å². The van der Waals surface area contributed by atoms with Gasteiger partial charge in [-0.05, 0) is 22.0 Å². The van der Waals surface area contributed by atoms with E-state index in [1.165, 1.54) is 6.20 Å². The van der Waals surface area contributed by atoms with Crippen LogP contribution < -0.4 is 5.32 Å². The predicted octanol–water partition coefficient (Wildman–Crippen LogP) is 0.945. The van der Waals surface area contributed by atoms with Crippen LogP contribution in [0.1, 0.15) is 16.2 Å². The minimum Gasteiger partial charge on any atom is -0.352 e. The van der Waals surface area contributed by atoms with Crippen LogP contribution in [0.4, 0.5) is 0 Å². The molecule has 0 saturated carbocycles. The van der Waals surface area contributed by atoms with Crippen LogP contribution in [0.2, 0.25) is 0 Å². The number of carbonyl (C=O) groups is 1. The van der Waals surface area contributed by atoms with Crippen molar-refractivity contribution >= 4 is 21.8 Å². The van der Waals surface area contributed by atoms with Crippen molar-refractivity contribution in [3.05, 3.63) is 40.6 Å². The van der Waals surface area contributed by atoms with E-state index in [2.05, 4.69) is 36.4 Å². The summed E-state index contributed by atoms with van der Waals surface area (Å²) in [6, 6.07) is 1.73. The third kappa shape index (κ3) is 3.13. The summed E-state index contributed by atoms with van der Waals surface area (Å²) in [7, 11) is 1.87. The van der Waals surface area contributed by atoms with E-state index in [0.29, 0.717) is 18.5 Å². The second-order valence-corrected chi connectivity index (χ2v) is 4.67. The van der Waals surface area contributed by atoms with Crippen molar-refractivity contribution in [1.29, 1.82) is 0 Å². The van der Waals surface area contributed by atoms with Crippen molar-refractivity contribution in [2.75, 3.05) is 6.54 Å². The van der Waals surface area contributed by atoms with E-state index in [1.54, 1.807) is 18.6 Å². The Kier molecular flexibility index (Phi) is 4.03. The van der Waals surface area contributed by atoms with Crippen molar-refractivity contribution in [2.45, 2.75) is 6.42 Å². The minimum absolute atomic E-state index is 0.147. The smallest absolute Gasteiger partial charge is 0.252 e. The summed E-state index contributed by atoms with van der Waals surface area (Å²) in [5.74, 6) is 0.689. The van der Waals surface area contributed by atoms with Crippen LogP contribution in [-0.4, -0.2) is 32.2 Å². The molecule has 7 heteroatoms. The second kappa shape index (κ2) is 5.72. The highest BCUT2D eigenvalue weighted by molar-refractivity contribution is 9.10. The summed E-state index contributed by atoms with van der Waals surface area (Å²) in [4.78, 5) is 15.7. The zero-order valence-electron chi connectivity index (χ0n) is 9.80. The summed E-state index contributed by atoms with van der Waals surface area (Å²) in [6.45, 7) is 0.512. The quantitative estimate of drug-likeness (QED) is 0.912. The Bertz CT molecular complexity index is 554. The zero-order valence-corrected chi connectivity index (χ0v) is 11.4. The van der Waals surface area contributed by atoms with Gasteiger partial charge in [-0.2, -0.15) is 0 Å². The molecule has 0 aromatic carbocycles. The first-order valence-electron chi connectivity index (χ1n) is 5.38. The normalized spacial score (nSPS) is 10.3. The van der Waals surface area contributed by atoms with Gasteiger partial charge in [0.15, 0.2) is 0 Å². The van der Waals surface area contributed by atoms with Gasteiger partial charge < -0.3 is 9.88 Å². The molecule has 0 saturated heterocycles. The van der Waals surface area contributed by atoms with Crippen LogP contribution in [0.25, 0.3) is 0 Å². The molecule has 2 rings (SSSR count). The molecule has 2 aromatic rings. The summed E-state index contributed by atoms with van der Waals surface area (Å²) >= 11 is 3.28. The van der Waals surface area contributed by atoms with Crippen LogP contribution in [0.3, 0.4) is 0 Å². The topological polar surface area (TPSA) is 72.7 Å². The summed E-state index contributed by atoms with van der Waals surface area (Å²) in [5.41, 5.74) is 0.530. The van der Waals surface area contributed by atoms with E-state index < -0.39 is 0 Å². The molecule has 0 radical (unpaired) electrons. The lowest BCUT2D eigenvalue weighted by Crippen LogP contribution is -2.26. The molecule has 2 aromatic heterocycles. The number of aryl methyl sites for hydroxylation is 1. The fourth-order valence-corrected chi connectivity index (χ4v) is 1.82. The van der Waals surface area contributed by atoms with E-state index in [4.69, 9.17) is 0 Å². The van der Waals surface area contributed by atoms with Crippen LogP contribution in [0.5, 0.6) is 0 Å². The number of nitrogens with one attached hydrogen (secondary N) is 1. The Balaban J connectivity index is 1.87. The van der Waals surface area contributed by atoms with E-state index >= 15 is 0 Å². The Morgan fingerprint density at radius 3 is 3.00 bits per heavy atom. The molecule has 0 atom stereocenters. The average Bonchev–Trinajstić information content (AvgIpc) is 2.75. The van der Waals surface area contributed by atoms with Gasteiger partial charge >= 0.3 is 0 Å². The maximum atomic E-state index is 11.8. The summed E-state index contributed by atoms with van der Waals surface area (Å²) in [5, 5.41) is 10.5. The summed E-state index contributed by atoms with van der Waals surface area (Å²) < 4.78 is 2.61. The molecule has 0 unspecified atom stereocenters. The highest BCUT2D eigenvalue weighted by Crippen LogP contribution is 2.09. The van der Waals surface area contributed by atoms with Crippen molar-refractivity contribution in [3.8, 4) is 0 Å². The van der Waals surface area contributed by atoms with Crippen LogP contribution in [-0.2, 0) is 13.5 Å². The number of pyridine rings is 1. The van der Waals surface area contributed by atoms with Crippen LogP contribution in [0.15, 0.2) is 29.3 Å². The number of nitrogens with zero attached hydrogens (tertiary/aromatic N) is 4. The molecule has 6 nitrogen and oxygen atoms in total. The summed E-state index contributed by atoms with van der Waals surface area (Å²) in [6.07, 6.45) is 5.44. The van der Waals surface area contributed by atoms with Crippen molar-refractivity contribution < 1.29 is 4.79 Å². The number of amides is 1. The first-order valence-corrected chi connectivity index (χ1v) is 6.18. The van der Waals surface area contributed by atoms with Crippen LogP contribution >= 0.6 is 15.9 Å². The molecule has 0 aliphatic heterocycles. The Morgan fingerprint density at radius 2 is 2.33 bits per heavy atom. The molecule has 0 aliphatic carbocycles. The van der Waals surface area contributed by atoms with E-state index in [-0.39, 0.29) is 5.91 Å². The SMILES string of the molecule is Cn1cnnc1CCNC(=O)c1cncc(Br)c1. The fraction of sp³-hybridized carbons (Fsp3) is 0.273. The highest BCUT2D eigenvalue weighted by atomic mass is 79.9. The van der Waals surface area contributed by atoms with Gasteiger partial charge in [0.1, 0.15) is 12.2 Å². The molecule has 0 spiro atoms. The van der Waals surface area contributed by atoms with Gasteiger partial charge in [-0.25, -0.2) is 0 Å². The van der Waals surface area contributed by atoms with E-state index in [1.807, 2.05) is 11.6 Å². The molecule has 1 N–H and O–H groups in total. The average molecular weight is 310 g/mol. The van der Waals surface area contributed by atoms with E-state index in [0.717, 1.165) is 10.3 Å². The Hall–Kier alpha value is -1.76. The third-order valence-electron chi connectivity index (χ3n) is 2.41.